The molecule has 1 fully saturated rings. The van der Waals surface area contributed by atoms with Crippen molar-refractivity contribution >= 4 is 11.3 Å². The highest BCUT2D eigenvalue weighted by Gasteiger charge is 2.57. The lowest BCUT2D eigenvalue weighted by atomic mass is 9.92. The van der Waals surface area contributed by atoms with Crippen molar-refractivity contribution in [1.29, 1.82) is 5.26 Å². The monoisotopic (exact) mass is 291 g/mol. The first kappa shape index (κ1) is 13.7. The molecular formula is C12H13N5O4. The molecule has 0 aromatic carbocycles. The predicted molar refractivity (Wildman–Crippen MR) is 68.7 cm³/mol. The van der Waals surface area contributed by atoms with Crippen LogP contribution < -0.4 is 5.73 Å². The van der Waals surface area contributed by atoms with Crippen LogP contribution in [-0.4, -0.2) is 54.8 Å². The molecule has 0 saturated carbocycles. The molecule has 3 heterocycles. The Kier molecular flexibility index (Phi) is 3.03. The van der Waals surface area contributed by atoms with E-state index in [4.69, 9.17) is 10.5 Å². The second kappa shape index (κ2) is 4.64. The van der Waals surface area contributed by atoms with Crippen LogP contribution in [0.2, 0.25) is 0 Å². The minimum atomic E-state index is -1.85. The topological polar surface area (TPSA) is 150 Å². The van der Waals surface area contributed by atoms with Crippen LogP contribution in [0.25, 0.3) is 5.52 Å². The molecule has 0 radical (unpaired) electrons. The lowest BCUT2D eigenvalue weighted by Crippen LogP contribution is -2.40. The lowest BCUT2D eigenvalue weighted by Gasteiger charge is -2.24. The molecule has 3 rings (SSSR count). The third-order valence-electron chi connectivity index (χ3n) is 3.67. The Morgan fingerprint density at radius 1 is 1.48 bits per heavy atom. The maximum Gasteiger partial charge on any atom is 0.225 e. The highest BCUT2D eigenvalue weighted by Crippen LogP contribution is 2.40. The van der Waals surface area contributed by atoms with Crippen LogP contribution in [-0.2, 0) is 10.3 Å². The number of nitriles is 1. The van der Waals surface area contributed by atoms with Gasteiger partial charge in [-0.2, -0.15) is 10.4 Å². The van der Waals surface area contributed by atoms with Gasteiger partial charge < -0.3 is 25.8 Å². The van der Waals surface area contributed by atoms with Gasteiger partial charge in [0, 0.05) is 0 Å². The van der Waals surface area contributed by atoms with Gasteiger partial charge in [-0.1, -0.05) is 0 Å². The standard InChI is InChI=1S/C12H13N5O4/c13-4-12(10(20)9(19)7(3-18)21-12)8-2-1-6-11(14)15-5-16-17(6)8/h1-2,5,7,9-10,18-20H,3H2,(H2,14,15,16)/t7-,9-,10-,12+/m1/s1. The number of nitrogen functional groups attached to an aromatic ring is 1. The summed E-state index contributed by atoms with van der Waals surface area (Å²) in [6.07, 6.45) is -2.78. The SMILES string of the molecule is N#C[C@@]1(c2ccc3c(N)ncnn23)O[C@H](CO)[C@@H](O)[C@H]1O. The Labute approximate surface area is 118 Å². The summed E-state index contributed by atoms with van der Waals surface area (Å²) in [5.41, 5.74) is 4.52. The molecule has 2 aromatic heterocycles. The molecule has 1 aliphatic rings. The van der Waals surface area contributed by atoms with E-state index >= 15 is 0 Å². The Morgan fingerprint density at radius 3 is 2.86 bits per heavy atom. The van der Waals surface area contributed by atoms with E-state index in [9.17, 15) is 20.6 Å². The van der Waals surface area contributed by atoms with Crippen LogP contribution in [0.3, 0.4) is 0 Å². The number of fused-ring (bicyclic) bond motifs is 1. The largest absolute Gasteiger partial charge is 0.394 e. The van der Waals surface area contributed by atoms with Gasteiger partial charge in [-0.05, 0) is 12.1 Å². The summed E-state index contributed by atoms with van der Waals surface area (Å²) in [5.74, 6) is 0.205. The number of aliphatic hydroxyl groups excluding tert-OH is 3. The summed E-state index contributed by atoms with van der Waals surface area (Å²) in [7, 11) is 0. The first-order chi connectivity index (χ1) is 10.0. The molecule has 0 aliphatic carbocycles. The Morgan fingerprint density at radius 2 is 2.24 bits per heavy atom. The Bertz CT molecular complexity index is 726. The van der Waals surface area contributed by atoms with Gasteiger partial charge >= 0.3 is 0 Å². The van der Waals surface area contributed by atoms with Crippen molar-refractivity contribution in [1.82, 2.24) is 14.6 Å². The molecule has 5 N–H and O–H groups in total. The van der Waals surface area contributed by atoms with Crippen molar-refractivity contribution in [3.63, 3.8) is 0 Å². The fourth-order valence-corrected chi connectivity index (χ4v) is 2.56. The van der Waals surface area contributed by atoms with Crippen LogP contribution in [0.15, 0.2) is 18.5 Å². The number of hydrogen-bond donors (Lipinski definition) is 4. The zero-order chi connectivity index (χ0) is 15.2. The third kappa shape index (κ3) is 1.71. The molecule has 110 valence electrons. The van der Waals surface area contributed by atoms with Crippen molar-refractivity contribution in [2.75, 3.05) is 12.3 Å². The second-order valence-electron chi connectivity index (χ2n) is 4.78. The quantitative estimate of drug-likeness (QED) is 0.503. The Hall–Kier alpha value is -2.25. The smallest absolute Gasteiger partial charge is 0.225 e. The molecule has 9 heteroatoms. The minimum absolute atomic E-state index is 0.205. The molecule has 0 amide bonds. The molecule has 0 spiro atoms. The average molecular weight is 291 g/mol. The van der Waals surface area contributed by atoms with Crippen LogP contribution >= 0.6 is 0 Å². The maximum atomic E-state index is 10.2. The van der Waals surface area contributed by atoms with Crippen molar-refractivity contribution in [3.05, 3.63) is 24.2 Å². The van der Waals surface area contributed by atoms with Crippen LogP contribution in [0.4, 0.5) is 5.82 Å². The van der Waals surface area contributed by atoms with Crippen LogP contribution in [0, 0.1) is 11.3 Å². The maximum absolute atomic E-state index is 10.2. The summed E-state index contributed by atoms with van der Waals surface area (Å²) in [6, 6.07) is 4.97. The zero-order valence-electron chi connectivity index (χ0n) is 10.8. The molecular weight excluding hydrogens is 278 g/mol. The lowest BCUT2D eigenvalue weighted by molar-refractivity contribution is -0.0643. The van der Waals surface area contributed by atoms with E-state index in [1.807, 2.05) is 6.07 Å². The molecule has 0 unspecified atom stereocenters. The van der Waals surface area contributed by atoms with E-state index in [0.717, 1.165) is 0 Å². The molecule has 9 nitrogen and oxygen atoms in total. The second-order valence-corrected chi connectivity index (χ2v) is 4.78. The number of ether oxygens (including phenoxy) is 1. The van der Waals surface area contributed by atoms with Crippen molar-refractivity contribution in [2.24, 2.45) is 0 Å². The van der Waals surface area contributed by atoms with E-state index < -0.39 is 30.5 Å². The fourth-order valence-electron chi connectivity index (χ4n) is 2.56. The number of anilines is 1. The number of nitrogens with zero attached hydrogens (tertiary/aromatic N) is 4. The van der Waals surface area contributed by atoms with E-state index in [0.29, 0.717) is 5.52 Å². The average Bonchev–Trinajstić information content (AvgIpc) is 3.03. The predicted octanol–water partition coefficient (Wildman–Crippen LogP) is -1.86. The molecule has 2 aromatic rings. The zero-order valence-corrected chi connectivity index (χ0v) is 10.8. The number of aromatic nitrogens is 3. The van der Waals surface area contributed by atoms with Gasteiger partial charge in [0.2, 0.25) is 5.60 Å². The van der Waals surface area contributed by atoms with E-state index in [2.05, 4.69) is 10.1 Å². The van der Waals surface area contributed by atoms with Gasteiger partial charge in [0.25, 0.3) is 0 Å². The normalized spacial score (nSPS) is 32.4. The van der Waals surface area contributed by atoms with Gasteiger partial charge in [-0.25, -0.2) is 9.50 Å². The summed E-state index contributed by atoms with van der Waals surface area (Å²) < 4.78 is 6.75. The fraction of sp³-hybridized carbons (Fsp3) is 0.417. The summed E-state index contributed by atoms with van der Waals surface area (Å²) >= 11 is 0. The molecule has 4 atom stereocenters. The first-order valence-electron chi connectivity index (χ1n) is 6.20. The van der Waals surface area contributed by atoms with Gasteiger partial charge in [0.15, 0.2) is 5.82 Å². The summed E-state index contributed by atoms with van der Waals surface area (Å²) in [4.78, 5) is 3.83. The molecule has 1 saturated heterocycles. The van der Waals surface area contributed by atoms with E-state index in [1.54, 1.807) is 6.07 Å². The number of nitrogens with two attached hydrogens (primary N) is 1. The summed E-state index contributed by atoms with van der Waals surface area (Å²) in [6.45, 7) is -0.526. The number of rotatable bonds is 2. The van der Waals surface area contributed by atoms with Gasteiger partial charge in [0.05, 0.1) is 12.3 Å². The van der Waals surface area contributed by atoms with Gasteiger partial charge in [-0.15, -0.1) is 0 Å². The number of hydrogen-bond acceptors (Lipinski definition) is 8. The highest BCUT2D eigenvalue weighted by molar-refractivity contribution is 5.66. The van der Waals surface area contributed by atoms with Gasteiger partial charge in [-0.3, -0.25) is 0 Å². The van der Waals surface area contributed by atoms with E-state index in [1.165, 1.54) is 16.9 Å². The minimum Gasteiger partial charge on any atom is -0.394 e. The highest BCUT2D eigenvalue weighted by atomic mass is 16.6. The van der Waals surface area contributed by atoms with Crippen molar-refractivity contribution in [3.8, 4) is 6.07 Å². The Balaban J connectivity index is 2.20. The van der Waals surface area contributed by atoms with Crippen molar-refractivity contribution in [2.45, 2.75) is 23.9 Å². The van der Waals surface area contributed by atoms with Crippen LogP contribution in [0.1, 0.15) is 5.69 Å². The van der Waals surface area contributed by atoms with E-state index in [-0.39, 0.29) is 11.5 Å². The first-order valence-corrected chi connectivity index (χ1v) is 6.20. The van der Waals surface area contributed by atoms with Gasteiger partial charge in [0.1, 0.15) is 36.2 Å². The molecule has 0 bridgehead atoms. The van der Waals surface area contributed by atoms with Crippen molar-refractivity contribution < 1.29 is 20.1 Å². The third-order valence-corrected chi connectivity index (χ3v) is 3.67. The molecule has 21 heavy (non-hydrogen) atoms. The van der Waals surface area contributed by atoms with Crippen LogP contribution in [0.5, 0.6) is 0 Å². The number of aliphatic hydroxyl groups is 3. The molecule has 1 aliphatic heterocycles. The summed E-state index contributed by atoms with van der Waals surface area (Å²) in [5, 5.41) is 42.8.